The van der Waals surface area contributed by atoms with E-state index in [1.165, 1.54) is 37.1 Å². The van der Waals surface area contributed by atoms with Crippen LogP contribution in [-0.4, -0.2) is 24.5 Å². The molecule has 80 valence electrons. The zero-order chi connectivity index (χ0) is 10.5. The van der Waals surface area contributed by atoms with Crippen molar-refractivity contribution in [3.05, 3.63) is 42.0 Å². The molecule has 1 aliphatic rings. The van der Waals surface area contributed by atoms with Crippen molar-refractivity contribution >= 4 is 5.57 Å². The maximum Gasteiger partial charge on any atom is 0.0169 e. The van der Waals surface area contributed by atoms with Gasteiger partial charge in [0.25, 0.3) is 0 Å². The number of hydrogen-bond acceptors (Lipinski definition) is 1. The molecule has 1 heteroatoms. The normalized spacial score (nSPS) is 17.5. The summed E-state index contributed by atoms with van der Waals surface area (Å²) in [4.78, 5) is 2.52. The maximum atomic E-state index is 2.52. The van der Waals surface area contributed by atoms with Crippen molar-refractivity contribution in [2.75, 3.05) is 19.6 Å². The number of benzene rings is 1. The topological polar surface area (TPSA) is 3.24 Å². The standard InChI is InChI=1S/C14H19N/c1-2-10-15-11-8-14(9-12-15)13-6-4-3-5-7-13/h3-8H,2,9-12H2,1H3. The minimum absolute atomic E-state index is 1.12. The molecule has 0 aromatic heterocycles. The lowest BCUT2D eigenvalue weighted by atomic mass is 9.99. The van der Waals surface area contributed by atoms with Gasteiger partial charge in [-0.25, -0.2) is 0 Å². The van der Waals surface area contributed by atoms with Gasteiger partial charge < -0.3 is 0 Å². The predicted octanol–water partition coefficient (Wildman–Crippen LogP) is 3.19. The zero-order valence-electron chi connectivity index (χ0n) is 9.45. The Bertz CT molecular complexity index is 326. The van der Waals surface area contributed by atoms with Crippen LogP contribution < -0.4 is 0 Å². The third kappa shape index (κ3) is 2.69. The fraction of sp³-hybridized carbons (Fsp3) is 0.429. The van der Waals surface area contributed by atoms with Gasteiger partial charge in [-0.3, -0.25) is 4.90 Å². The smallest absolute Gasteiger partial charge is 0.0169 e. The predicted molar refractivity (Wildman–Crippen MR) is 65.8 cm³/mol. The molecule has 1 heterocycles. The molecule has 0 saturated heterocycles. The van der Waals surface area contributed by atoms with Crippen molar-refractivity contribution in [3.8, 4) is 0 Å². The highest BCUT2D eigenvalue weighted by Crippen LogP contribution is 2.21. The quantitative estimate of drug-likeness (QED) is 0.726. The number of hydrogen-bond donors (Lipinski definition) is 0. The van der Waals surface area contributed by atoms with Crippen LogP contribution in [0.1, 0.15) is 25.3 Å². The average molecular weight is 201 g/mol. The molecule has 15 heavy (non-hydrogen) atoms. The lowest BCUT2D eigenvalue weighted by molar-refractivity contribution is 0.302. The molecular formula is C14H19N. The maximum absolute atomic E-state index is 2.52. The van der Waals surface area contributed by atoms with Crippen molar-refractivity contribution in [1.82, 2.24) is 4.90 Å². The molecule has 1 aromatic rings. The molecule has 0 amide bonds. The van der Waals surface area contributed by atoms with Crippen LogP contribution >= 0.6 is 0 Å². The van der Waals surface area contributed by atoms with Crippen molar-refractivity contribution in [2.45, 2.75) is 19.8 Å². The van der Waals surface area contributed by atoms with Crippen molar-refractivity contribution in [3.63, 3.8) is 0 Å². The van der Waals surface area contributed by atoms with E-state index in [0.29, 0.717) is 0 Å². The lowest BCUT2D eigenvalue weighted by Crippen LogP contribution is -2.29. The van der Waals surface area contributed by atoms with Crippen LogP contribution in [0.3, 0.4) is 0 Å². The van der Waals surface area contributed by atoms with Gasteiger partial charge in [0.15, 0.2) is 0 Å². The molecule has 1 nitrogen and oxygen atoms in total. The van der Waals surface area contributed by atoms with Gasteiger partial charge in [-0.2, -0.15) is 0 Å². The van der Waals surface area contributed by atoms with E-state index < -0.39 is 0 Å². The van der Waals surface area contributed by atoms with Crippen LogP contribution in [0.15, 0.2) is 36.4 Å². The highest BCUT2D eigenvalue weighted by atomic mass is 15.1. The third-order valence-electron chi connectivity index (χ3n) is 2.98. The van der Waals surface area contributed by atoms with Crippen LogP contribution in [0.25, 0.3) is 5.57 Å². The summed E-state index contributed by atoms with van der Waals surface area (Å²) in [6, 6.07) is 10.7. The minimum atomic E-state index is 1.12. The van der Waals surface area contributed by atoms with E-state index in [2.05, 4.69) is 48.2 Å². The molecule has 0 unspecified atom stereocenters. The number of rotatable bonds is 3. The largest absolute Gasteiger partial charge is 0.299 e. The third-order valence-corrected chi connectivity index (χ3v) is 2.98. The van der Waals surface area contributed by atoms with E-state index >= 15 is 0 Å². The Morgan fingerprint density at radius 1 is 1.20 bits per heavy atom. The van der Waals surface area contributed by atoms with Gasteiger partial charge in [0.1, 0.15) is 0 Å². The Kier molecular flexibility index (Phi) is 3.57. The van der Waals surface area contributed by atoms with Crippen LogP contribution in [0.4, 0.5) is 0 Å². The lowest BCUT2D eigenvalue weighted by Gasteiger charge is -2.25. The van der Waals surface area contributed by atoms with Gasteiger partial charge >= 0.3 is 0 Å². The summed E-state index contributed by atoms with van der Waals surface area (Å²) in [5.41, 5.74) is 2.91. The molecule has 1 aromatic carbocycles. The number of nitrogens with zero attached hydrogens (tertiary/aromatic N) is 1. The molecule has 0 aliphatic carbocycles. The van der Waals surface area contributed by atoms with Gasteiger partial charge in [-0.05, 0) is 30.5 Å². The summed E-state index contributed by atoms with van der Waals surface area (Å²) in [5.74, 6) is 0. The van der Waals surface area contributed by atoms with Crippen LogP contribution in [0.5, 0.6) is 0 Å². The molecule has 0 fully saturated rings. The first-order valence-electron chi connectivity index (χ1n) is 5.87. The monoisotopic (exact) mass is 201 g/mol. The summed E-state index contributed by atoms with van der Waals surface area (Å²) in [6.07, 6.45) is 4.84. The summed E-state index contributed by atoms with van der Waals surface area (Å²) in [7, 11) is 0. The Morgan fingerprint density at radius 2 is 2.00 bits per heavy atom. The molecule has 0 radical (unpaired) electrons. The Hall–Kier alpha value is -1.08. The SMILES string of the molecule is CCCN1CC=C(c2ccccc2)CC1. The van der Waals surface area contributed by atoms with Gasteiger partial charge in [0, 0.05) is 13.1 Å². The van der Waals surface area contributed by atoms with Crippen LogP contribution in [0.2, 0.25) is 0 Å². The average Bonchev–Trinajstić information content (AvgIpc) is 2.32. The van der Waals surface area contributed by atoms with Crippen molar-refractivity contribution < 1.29 is 0 Å². The molecule has 0 bridgehead atoms. The zero-order valence-corrected chi connectivity index (χ0v) is 9.45. The van der Waals surface area contributed by atoms with E-state index in [9.17, 15) is 0 Å². The molecule has 0 N–H and O–H groups in total. The summed E-state index contributed by atoms with van der Waals surface area (Å²) >= 11 is 0. The van der Waals surface area contributed by atoms with Gasteiger partial charge in [0.05, 0.1) is 0 Å². The second-order valence-corrected chi connectivity index (χ2v) is 4.15. The van der Waals surface area contributed by atoms with Gasteiger partial charge in [-0.15, -0.1) is 0 Å². The van der Waals surface area contributed by atoms with E-state index in [0.717, 1.165) is 6.54 Å². The molecule has 2 rings (SSSR count). The molecule has 0 spiro atoms. The molecular weight excluding hydrogens is 182 g/mol. The Labute approximate surface area is 92.4 Å². The van der Waals surface area contributed by atoms with E-state index in [1.807, 2.05) is 0 Å². The molecule has 0 atom stereocenters. The fourth-order valence-corrected chi connectivity index (χ4v) is 2.14. The summed E-state index contributed by atoms with van der Waals surface area (Å²) in [6.45, 7) is 5.82. The van der Waals surface area contributed by atoms with Crippen LogP contribution in [0, 0.1) is 0 Å². The Morgan fingerprint density at radius 3 is 2.60 bits per heavy atom. The first-order chi connectivity index (χ1) is 7.40. The fourth-order valence-electron chi connectivity index (χ4n) is 2.14. The van der Waals surface area contributed by atoms with E-state index in [-0.39, 0.29) is 0 Å². The van der Waals surface area contributed by atoms with Crippen molar-refractivity contribution in [2.24, 2.45) is 0 Å². The summed E-state index contributed by atoms with van der Waals surface area (Å²) < 4.78 is 0. The second-order valence-electron chi connectivity index (χ2n) is 4.15. The van der Waals surface area contributed by atoms with Crippen molar-refractivity contribution in [1.29, 1.82) is 0 Å². The molecule has 0 saturated carbocycles. The van der Waals surface area contributed by atoms with Crippen LogP contribution in [-0.2, 0) is 0 Å². The molecule has 1 aliphatic heterocycles. The van der Waals surface area contributed by atoms with E-state index in [4.69, 9.17) is 0 Å². The minimum Gasteiger partial charge on any atom is -0.299 e. The summed E-state index contributed by atoms with van der Waals surface area (Å²) in [5, 5.41) is 0. The van der Waals surface area contributed by atoms with Gasteiger partial charge in [0.2, 0.25) is 0 Å². The first-order valence-corrected chi connectivity index (χ1v) is 5.87. The highest BCUT2D eigenvalue weighted by Gasteiger charge is 2.11. The van der Waals surface area contributed by atoms with Gasteiger partial charge in [-0.1, -0.05) is 43.3 Å². The first kappa shape index (κ1) is 10.4. The second kappa shape index (κ2) is 5.13. The van der Waals surface area contributed by atoms with E-state index in [1.54, 1.807) is 0 Å². The Balaban J connectivity index is 2.02. The highest BCUT2D eigenvalue weighted by molar-refractivity contribution is 5.66.